The Morgan fingerprint density at radius 2 is 1.93 bits per heavy atom. The maximum atomic E-state index is 15.2. The van der Waals surface area contributed by atoms with Crippen molar-refractivity contribution in [2.75, 3.05) is 24.7 Å². The number of thioether (sulfide) groups is 1. The van der Waals surface area contributed by atoms with Gasteiger partial charge in [0, 0.05) is 64.8 Å². The molecule has 2 aliphatic rings. The Hall–Kier alpha value is -4.48. The van der Waals surface area contributed by atoms with Crippen LogP contribution in [0.15, 0.2) is 59.6 Å². The van der Waals surface area contributed by atoms with Crippen molar-refractivity contribution in [3.05, 3.63) is 89.0 Å². The van der Waals surface area contributed by atoms with Crippen LogP contribution in [0.4, 0.5) is 14.5 Å². The van der Waals surface area contributed by atoms with Gasteiger partial charge in [0.25, 0.3) is 0 Å². The molecule has 1 aliphatic carbocycles. The van der Waals surface area contributed by atoms with Crippen LogP contribution in [0.3, 0.4) is 0 Å². The summed E-state index contributed by atoms with van der Waals surface area (Å²) in [5.41, 5.74) is 5.05. The number of pyridine rings is 1. The summed E-state index contributed by atoms with van der Waals surface area (Å²) < 4.78 is 40.1. The molecule has 236 valence electrons. The van der Waals surface area contributed by atoms with Crippen LogP contribution in [0.2, 0.25) is 0 Å². The van der Waals surface area contributed by atoms with Gasteiger partial charge in [-0.1, -0.05) is 12.1 Å². The van der Waals surface area contributed by atoms with Crippen molar-refractivity contribution in [3.63, 3.8) is 0 Å². The standard InChI is InChI=1S/C35H33F2N5O3S/c1-19-39-31-25(41(19)3)18-27(45-4)29-22-7-6-13-42-26(17-20(32(22)42)9-14-46-34(29)31)33(44)21-15-23(36)30(24(37)16-21)40-28(43)8-5-12-38-35(2)10-11-35/h5-8,13,15-18,38H,9-12,14H2,1-4H3,(H,40,43)/b8-5+. The predicted octanol–water partition coefficient (Wildman–Crippen LogP) is 6.60. The fourth-order valence-corrected chi connectivity index (χ4v) is 7.25. The fraction of sp³-hybridized carbons (Fsp3) is 0.286. The van der Waals surface area contributed by atoms with Crippen LogP contribution in [0.25, 0.3) is 27.7 Å². The van der Waals surface area contributed by atoms with Crippen molar-refractivity contribution < 1.29 is 23.1 Å². The van der Waals surface area contributed by atoms with Gasteiger partial charge in [0.1, 0.15) is 34.4 Å². The van der Waals surface area contributed by atoms with E-state index in [9.17, 15) is 9.59 Å². The number of nitrogens with zero attached hydrogens (tertiary/aromatic N) is 3. The highest BCUT2D eigenvalue weighted by Gasteiger charge is 2.36. The Labute approximate surface area is 268 Å². The summed E-state index contributed by atoms with van der Waals surface area (Å²) in [6.07, 6.45) is 7.45. The number of ketones is 1. The van der Waals surface area contributed by atoms with Crippen LogP contribution in [-0.4, -0.2) is 50.6 Å². The zero-order valence-electron chi connectivity index (χ0n) is 26.0. The smallest absolute Gasteiger partial charge is 0.248 e. The molecule has 1 aliphatic heterocycles. The van der Waals surface area contributed by atoms with Crippen LogP contribution >= 0.6 is 11.8 Å². The third-order valence-corrected chi connectivity index (χ3v) is 10.1. The molecule has 0 spiro atoms. The fourth-order valence-electron chi connectivity index (χ4n) is 6.08. The molecule has 3 aromatic heterocycles. The number of anilines is 1. The number of rotatable bonds is 8. The molecule has 5 aromatic rings. The quantitative estimate of drug-likeness (QED) is 0.147. The Bertz CT molecular complexity index is 2090. The lowest BCUT2D eigenvalue weighted by Crippen LogP contribution is -2.27. The number of aromatic nitrogens is 3. The molecule has 8 nitrogen and oxygen atoms in total. The molecule has 11 heteroatoms. The van der Waals surface area contributed by atoms with Gasteiger partial charge in [0.05, 0.1) is 23.8 Å². The summed E-state index contributed by atoms with van der Waals surface area (Å²) in [7, 11) is 3.62. The number of imidazole rings is 1. The number of hydrogen-bond donors (Lipinski definition) is 2. The van der Waals surface area contributed by atoms with Crippen LogP contribution in [0.1, 0.15) is 47.2 Å². The van der Waals surface area contributed by atoms with E-state index in [0.717, 1.165) is 74.7 Å². The monoisotopic (exact) mass is 641 g/mol. The van der Waals surface area contributed by atoms with Crippen molar-refractivity contribution in [2.24, 2.45) is 7.05 Å². The number of carbonyl (C=O) groups is 2. The summed E-state index contributed by atoms with van der Waals surface area (Å²) in [5.74, 6) is -0.946. The molecule has 4 heterocycles. The van der Waals surface area contributed by atoms with Gasteiger partial charge in [-0.25, -0.2) is 13.8 Å². The second-order valence-corrected chi connectivity index (χ2v) is 13.2. The van der Waals surface area contributed by atoms with Gasteiger partial charge < -0.3 is 24.3 Å². The molecule has 2 N–H and O–H groups in total. The van der Waals surface area contributed by atoms with E-state index in [-0.39, 0.29) is 16.8 Å². The van der Waals surface area contributed by atoms with Gasteiger partial charge in [-0.05, 0) is 62.9 Å². The molecule has 0 unspecified atom stereocenters. The molecule has 2 aromatic carbocycles. The number of benzene rings is 2. The summed E-state index contributed by atoms with van der Waals surface area (Å²) in [4.78, 5) is 32.1. The molecule has 7 rings (SSSR count). The predicted molar refractivity (Wildman–Crippen MR) is 176 cm³/mol. The lowest BCUT2D eigenvalue weighted by Gasteiger charge is -2.19. The number of ether oxygens (including phenoxy) is 1. The Morgan fingerprint density at radius 1 is 1.17 bits per heavy atom. The van der Waals surface area contributed by atoms with Crippen molar-refractivity contribution in [1.29, 1.82) is 0 Å². The summed E-state index contributed by atoms with van der Waals surface area (Å²) in [6, 6.07) is 9.57. The SMILES string of the molecule is COc1cc2c(nc(C)n2C)c2c1-c1cccn3c(C(=O)c4cc(F)c(NC(=O)/C=C/CNC5(C)CC5)c(F)c4)cc(c13)CCS2. The highest BCUT2D eigenvalue weighted by Crippen LogP contribution is 2.47. The first-order valence-electron chi connectivity index (χ1n) is 15.1. The average molecular weight is 642 g/mol. The maximum absolute atomic E-state index is 15.2. The van der Waals surface area contributed by atoms with Crippen molar-refractivity contribution >= 4 is 45.7 Å². The van der Waals surface area contributed by atoms with Crippen LogP contribution in [-0.2, 0) is 18.3 Å². The number of nitrogens with one attached hydrogen (secondary N) is 2. The second-order valence-electron chi connectivity index (χ2n) is 12.1. The molecule has 46 heavy (non-hydrogen) atoms. The minimum Gasteiger partial charge on any atom is -0.496 e. The van der Waals surface area contributed by atoms with Crippen molar-refractivity contribution in [2.45, 2.75) is 43.5 Å². The van der Waals surface area contributed by atoms with Gasteiger partial charge in [-0.2, -0.15) is 0 Å². The highest BCUT2D eigenvalue weighted by molar-refractivity contribution is 7.99. The third-order valence-electron chi connectivity index (χ3n) is 9.00. The Balaban J connectivity index is 1.24. The number of carbonyl (C=O) groups excluding carboxylic acids is 2. The maximum Gasteiger partial charge on any atom is 0.248 e. The minimum absolute atomic E-state index is 0.104. The molecular weight excluding hydrogens is 608 g/mol. The second kappa shape index (κ2) is 11.4. The molecule has 0 atom stereocenters. The zero-order chi connectivity index (χ0) is 32.3. The van der Waals surface area contributed by atoms with Crippen molar-refractivity contribution in [3.8, 4) is 16.9 Å². The number of hydrogen-bond acceptors (Lipinski definition) is 6. The van der Waals surface area contributed by atoms with Gasteiger partial charge in [-0.3, -0.25) is 9.59 Å². The molecule has 0 saturated heterocycles. The van der Waals surface area contributed by atoms with E-state index >= 15 is 8.78 Å². The summed E-state index contributed by atoms with van der Waals surface area (Å²) in [5, 5.41) is 5.57. The van der Waals surface area contributed by atoms with E-state index in [1.54, 1.807) is 41.6 Å². The van der Waals surface area contributed by atoms with E-state index in [4.69, 9.17) is 9.72 Å². The van der Waals surface area contributed by atoms with E-state index in [1.807, 2.05) is 36.7 Å². The topological polar surface area (TPSA) is 89.7 Å². The van der Waals surface area contributed by atoms with Gasteiger partial charge in [-0.15, -0.1) is 11.8 Å². The van der Waals surface area contributed by atoms with E-state index in [0.29, 0.717) is 18.7 Å². The highest BCUT2D eigenvalue weighted by atomic mass is 32.2. The van der Waals surface area contributed by atoms with Crippen LogP contribution in [0, 0.1) is 18.6 Å². The summed E-state index contributed by atoms with van der Waals surface area (Å²) in [6.45, 7) is 4.53. The molecule has 0 bridgehead atoms. The minimum atomic E-state index is -1.03. The average Bonchev–Trinajstić information content (AvgIpc) is 3.54. The third kappa shape index (κ3) is 5.17. The lowest BCUT2D eigenvalue weighted by molar-refractivity contribution is -0.112. The number of amides is 1. The Morgan fingerprint density at radius 3 is 2.65 bits per heavy atom. The van der Waals surface area contributed by atoms with E-state index in [1.165, 1.54) is 6.08 Å². The Kier molecular flexibility index (Phi) is 7.48. The van der Waals surface area contributed by atoms with E-state index in [2.05, 4.69) is 17.6 Å². The van der Waals surface area contributed by atoms with Crippen LogP contribution < -0.4 is 15.4 Å². The van der Waals surface area contributed by atoms with Gasteiger partial charge >= 0.3 is 0 Å². The molecule has 1 saturated carbocycles. The van der Waals surface area contributed by atoms with Crippen LogP contribution in [0.5, 0.6) is 5.75 Å². The largest absolute Gasteiger partial charge is 0.496 e. The molecule has 0 radical (unpaired) electrons. The number of fused-ring (bicyclic) bond motifs is 4. The molecule has 1 fully saturated rings. The first-order chi connectivity index (χ1) is 22.1. The van der Waals surface area contributed by atoms with E-state index < -0.39 is 29.0 Å². The lowest BCUT2D eigenvalue weighted by atomic mass is 10.0. The normalized spacial score (nSPS) is 15.2. The number of halogens is 2. The summed E-state index contributed by atoms with van der Waals surface area (Å²) >= 11 is 1.69. The van der Waals surface area contributed by atoms with Gasteiger partial charge in [0.2, 0.25) is 11.7 Å². The van der Waals surface area contributed by atoms with Crippen molar-refractivity contribution in [1.82, 2.24) is 19.3 Å². The molecule has 1 amide bonds. The van der Waals surface area contributed by atoms with Gasteiger partial charge in [0.15, 0.2) is 0 Å². The number of aryl methyl sites for hydroxylation is 3. The first kappa shape index (κ1) is 30.2. The first-order valence-corrected chi connectivity index (χ1v) is 16.1. The zero-order valence-corrected chi connectivity index (χ0v) is 26.8. The molecular formula is C35H33F2N5O3S. The number of methoxy groups -OCH3 is 1.